The summed E-state index contributed by atoms with van der Waals surface area (Å²) in [7, 11) is 0. The Morgan fingerprint density at radius 3 is 2.00 bits per heavy atom. The smallest absolute Gasteiger partial charge is 0.200 e. The van der Waals surface area contributed by atoms with Crippen molar-refractivity contribution in [3.05, 3.63) is 29.3 Å². The van der Waals surface area contributed by atoms with Crippen molar-refractivity contribution in [1.82, 2.24) is 0 Å². The number of rotatable bonds is 12. The predicted octanol–water partition coefficient (Wildman–Crippen LogP) is 9.58. The fourth-order valence-corrected chi connectivity index (χ4v) is 6.30. The van der Waals surface area contributed by atoms with Gasteiger partial charge in [-0.05, 0) is 80.2 Å². The molecule has 0 aromatic heterocycles. The number of unbranched alkanes of at least 4 members (excludes halogenated alkanes) is 5. The molecule has 2 fully saturated rings. The molecule has 0 atom stereocenters. The second kappa shape index (κ2) is 13.6. The van der Waals surface area contributed by atoms with Gasteiger partial charge in [-0.1, -0.05) is 77.7 Å². The van der Waals surface area contributed by atoms with E-state index in [1.807, 2.05) is 0 Å². The molecular formula is C29H46F2O. The van der Waals surface area contributed by atoms with E-state index in [0.29, 0.717) is 12.2 Å². The zero-order valence-electron chi connectivity index (χ0n) is 20.6. The molecule has 2 saturated carbocycles. The predicted molar refractivity (Wildman–Crippen MR) is 130 cm³/mol. The lowest BCUT2D eigenvalue weighted by molar-refractivity contribution is 0.155. The van der Waals surface area contributed by atoms with Crippen LogP contribution in [0.5, 0.6) is 5.75 Å². The molecule has 1 aromatic rings. The first-order chi connectivity index (χ1) is 15.6. The van der Waals surface area contributed by atoms with Crippen LogP contribution in [-0.4, -0.2) is 6.61 Å². The molecule has 1 nitrogen and oxygen atoms in total. The van der Waals surface area contributed by atoms with E-state index in [4.69, 9.17) is 4.74 Å². The van der Waals surface area contributed by atoms with E-state index in [0.717, 1.165) is 43.4 Å². The van der Waals surface area contributed by atoms with E-state index in [1.54, 1.807) is 12.1 Å². The molecule has 0 aliphatic heterocycles. The summed E-state index contributed by atoms with van der Waals surface area (Å²) in [5.74, 6) is 1.39. The van der Waals surface area contributed by atoms with Gasteiger partial charge in [0.1, 0.15) is 0 Å². The molecule has 0 bridgehead atoms. The molecule has 0 unspecified atom stereocenters. The average molecular weight is 449 g/mol. The van der Waals surface area contributed by atoms with Gasteiger partial charge < -0.3 is 4.74 Å². The molecule has 182 valence electrons. The largest absolute Gasteiger partial charge is 0.490 e. The lowest BCUT2D eigenvalue weighted by atomic mass is 9.68. The van der Waals surface area contributed by atoms with Crippen molar-refractivity contribution in [2.24, 2.45) is 17.8 Å². The normalized spacial score (nSPS) is 26.2. The highest BCUT2D eigenvalue weighted by Gasteiger charge is 2.32. The van der Waals surface area contributed by atoms with Crippen molar-refractivity contribution in [2.45, 2.75) is 122 Å². The van der Waals surface area contributed by atoms with E-state index in [9.17, 15) is 8.78 Å². The van der Waals surface area contributed by atoms with Crippen LogP contribution in [0.15, 0.2) is 12.1 Å². The number of hydrogen-bond acceptors (Lipinski definition) is 1. The van der Waals surface area contributed by atoms with Crippen LogP contribution in [0.2, 0.25) is 0 Å². The SMILES string of the molecule is CCCCCCCCOc1ccc(C2CCC(C3CCC(CCC)CC3)CC2)c(F)c1F. The van der Waals surface area contributed by atoms with Crippen LogP contribution in [0, 0.1) is 29.4 Å². The minimum Gasteiger partial charge on any atom is -0.490 e. The van der Waals surface area contributed by atoms with Crippen LogP contribution >= 0.6 is 0 Å². The highest BCUT2D eigenvalue weighted by atomic mass is 19.2. The van der Waals surface area contributed by atoms with Gasteiger partial charge in [0, 0.05) is 0 Å². The second-order valence-electron chi connectivity index (χ2n) is 10.6. The summed E-state index contributed by atoms with van der Waals surface area (Å²) < 4.78 is 35.1. The van der Waals surface area contributed by atoms with Gasteiger partial charge in [-0.25, -0.2) is 4.39 Å². The molecule has 0 radical (unpaired) electrons. The third-order valence-electron chi connectivity index (χ3n) is 8.30. The average Bonchev–Trinajstić information content (AvgIpc) is 2.82. The topological polar surface area (TPSA) is 9.23 Å². The summed E-state index contributed by atoms with van der Waals surface area (Å²) in [6.45, 7) is 4.96. The second-order valence-corrected chi connectivity index (χ2v) is 10.6. The molecule has 2 aliphatic carbocycles. The van der Waals surface area contributed by atoms with Gasteiger partial charge in [0.15, 0.2) is 11.6 Å². The van der Waals surface area contributed by atoms with Crippen molar-refractivity contribution < 1.29 is 13.5 Å². The highest BCUT2D eigenvalue weighted by molar-refractivity contribution is 5.33. The van der Waals surface area contributed by atoms with Gasteiger partial charge in [0.25, 0.3) is 0 Å². The van der Waals surface area contributed by atoms with E-state index in [-0.39, 0.29) is 11.7 Å². The van der Waals surface area contributed by atoms with Gasteiger partial charge in [-0.15, -0.1) is 0 Å². The van der Waals surface area contributed by atoms with Gasteiger partial charge in [0.2, 0.25) is 5.82 Å². The summed E-state index contributed by atoms with van der Waals surface area (Å²) in [5, 5.41) is 0. The van der Waals surface area contributed by atoms with Gasteiger partial charge in [0.05, 0.1) is 6.61 Å². The van der Waals surface area contributed by atoms with E-state index >= 15 is 0 Å². The summed E-state index contributed by atoms with van der Waals surface area (Å²) in [5.41, 5.74) is 0.569. The standard InChI is InChI=1S/C29H46F2O/c1-3-5-6-7-8-9-21-32-27-20-19-26(28(30)29(27)31)25-17-15-24(16-18-25)23-13-11-22(10-4-2)12-14-23/h19-20,22-25H,3-18,21H2,1-2H3. The Morgan fingerprint density at radius 1 is 0.719 bits per heavy atom. The Labute approximate surface area is 195 Å². The lowest BCUT2D eigenvalue weighted by Crippen LogP contribution is -2.25. The summed E-state index contributed by atoms with van der Waals surface area (Å²) >= 11 is 0. The summed E-state index contributed by atoms with van der Waals surface area (Å²) in [6, 6.07) is 3.45. The van der Waals surface area contributed by atoms with Crippen LogP contribution in [-0.2, 0) is 0 Å². The molecular weight excluding hydrogens is 402 g/mol. The zero-order chi connectivity index (χ0) is 22.8. The fraction of sp³-hybridized carbons (Fsp3) is 0.793. The molecule has 0 N–H and O–H groups in total. The lowest BCUT2D eigenvalue weighted by Gasteiger charge is -2.38. The molecule has 0 heterocycles. The number of halogens is 2. The fourth-order valence-electron chi connectivity index (χ4n) is 6.30. The van der Waals surface area contributed by atoms with Crippen molar-refractivity contribution in [2.75, 3.05) is 6.61 Å². The van der Waals surface area contributed by atoms with Crippen molar-refractivity contribution in [3.8, 4) is 5.75 Å². The minimum atomic E-state index is -0.787. The Morgan fingerprint density at radius 2 is 1.34 bits per heavy atom. The van der Waals surface area contributed by atoms with Gasteiger partial charge in [-0.3, -0.25) is 0 Å². The Bertz CT molecular complexity index is 657. The maximum atomic E-state index is 14.9. The summed E-state index contributed by atoms with van der Waals surface area (Å²) in [6.07, 6.45) is 19.5. The van der Waals surface area contributed by atoms with Crippen LogP contribution in [0.3, 0.4) is 0 Å². The minimum absolute atomic E-state index is 0.0809. The number of benzene rings is 1. The summed E-state index contributed by atoms with van der Waals surface area (Å²) in [4.78, 5) is 0. The van der Waals surface area contributed by atoms with Gasteiger partial charge in [-0.2, -0.15) is 4.39 Å². The van der Waals surface area contributed by atoms with Crippen LogP contribution < -0.4 is 4.74 Å². The molecule has 1 aromatic carbocycles. The molecule has 3 heteroatoms. The zero-order valence-corrected chi connectivity index (χ0v) is 20.6. The maximum Gasteiger partial charge on any atom is 0.200 e. The molecule has 2 aliphatic rings. The van der Waals surface area contributed by atoms with Crippen LogP contribution in [0.4, 0.5) is 8.78 Å². The molecule has 0 amide bonds. The van der Waals surface area contributed by atoms with Crippen LogP contribution in [0.1, 0.15) is 128 Å². The third-order valence-corrected chi connectivity index (χ3v) is 8.30. The van der Waals surface area contributed by atoms with E-state index in [1.165, 1.54) is 77.0 Å². The maximum absolute atomic E-state index is 14.9. The van der Waals surface area contributed by atoms with Crippen molar-refractivity contribution in [1.29, 1.82) is 0 Å². The van der Waals surface area contributed by atoms with E-state index < -0.39 is 11.6 Å². The molecule has 0 saturated heterocycles. The molecule has 0 spiro atoms. The number of ether oxygens (including phenoxy) is 1. The van der Waals surface area contributed by atoms with Gasteiger partial charge >= 0.3 is 0 Å². The Hall–Kier alpha value is -1.12. The molecule has 3 rings (SSSR count). The van der Waals surface area contributed by atoms with Crippen molar-refractivity contribution >= 4 is 0 Å². The first-order valence-electron chi connectivity index (χ1n) is 13.7. The van der Waals surface area contributed by atoms with E-state index in [2.05, 4.69) is 13.8 Å². The Kier molecular flexibility index (Phi) is 10.8. The Balaban J connectivity index is 1.44. The first kappa shape index (κ1) is 25.5. The number of hydrogen-bond donors (Lipinski definition) is 0. The monoisotopic (exact) mass is 448 g/mol. The van der Waals surface area contributed by atoms with Crippen molar-refractivity contribution in [3.63, 3.8) is 0 Å². The quantitative estimate of drug-likeness (QED) is 0.289. The third kappa shape index (κ3) is 7.19. The highest BCUT2D eigenvalue weighted by Crippen LogP contribution is 2.45. The first-order valence-corrected chi connectivity index (χ1v) is 13.7. The van der Waals surface area contributed by atoms with Crippen LogP contribution in [0.25, 0.3) is 0 Å². The molecule has 32 heavy (non-hydrogen) atoms.